The normalized spacial score (nSPS) is 12.4. The number of halogens is 1. The maximum atomic E-state index is 11.2. The van der Waals surface area contributed by atoms with Gasteiger partial charge in [0, 0.05) is 17.1 Å². The van der Waals surface area contributed by atoms with Crippen molar-refractivity contribution in [3.63, 3.8) is 0 Å². The molecule has 0 unspecified atom stereocenters. The van der Waals surface area contributed by atoms with E-state index in [-0.39, 0.29) is 5.92 Å². The van der Waals surface area contributed by atoms with Gasteiger partial charge in [-0.1, -0.05) is 32.4 Å². The Morgan fingerprint density at radius 2 is 2.15 bits per heavy atom. The summed E-state index contributed by atoms with van der Waals surface area (Å²) in [6.07, 6.45) is 0.916. The quantitative estimate of drug-likeness (QED) is 0.773. The number of carboxylic acid groups (broad SMARTS) is 1. The average Bonchev–Trinajstić information content (AvgIpc) is 2.37. The Morgan fingerprint density at radius 3 is 2.70 bits per heavy atom. The van der Waals surface area contributed by atoms with Gasteiger partial charge in [-0.15, -0.1) is 0 Å². The number of hydrogen-bond acceptors (Lipinski definition) is 3. The number of rotatable bonds is 8. The molecule has 0 heterocycles. The Bertz CT molecular complexity index is 449. The van der Waals surface area contributed by atoms with Crippen LogP contribution in [0.15, 0.2) is 18.2 Å². The van der Waals surface area contributed by atoms with Gasteiger partial charge in [0.25, 0.3) is 0 Å². The molecule has 0 saturated heterocycles. The highest BCUT2D eigenvalue weighted by atomic mass is 35.5. The van der Waals surface area contributed by atoms with Crippen LogP contribution in [-0.2, 0) is 11.3 Å². The lowest BCUT2D eigenvalue weighted by Gasteiger charge is -2.19. The summed E-state index contributed by atoms with van der Waals surface area (Å²) in [5.41, 5.74) is 0.873. The molecule has 0 amide bonds. The first kappa shape index (κ1) is 16.8. The van der Waals surface area contributed by atoms with Crippen LogP contribution in [0.5, 0.6) is 5.75 Å². The average molecular weight is 300 g/mol. The smallest absolute Gasteiger partial charge is 0.320 e. The second-order valence-electron chi connectivity index (χ2n) is 5.04. The number of hydrogen-bond donors (Lipinski definition) is 2. The van der Waals surface area contributed by atoms with Crippen LogP contribution in [0, 0.1) is 5.92 Å². The zero-order chi connectivity index (χ0) is 15.1. The lowest BCUT2D eigenvalue weighted by Crippen LogP contribution is -2.40. The fraction of sp³-hybridized carbons (Fsp3) is 0.533. The lowest BCUT2D eigenvalue weighted by molar-refractivity contribution is -0.140. The SMILES string of the molecule is CCCOc1ccc(Cl)cc1CN[C@@H](C(=O)O)C(C)C. The Kier molecular flexibility index (Phi) is 6.82. The summed E-state index contributed by atoms with van der Waals surface area (Å²) >= 11 is 5.99. The van der Waals surface area contributed by atoms with Crippen LogP contribution in [0.25, 0.3) is 0 Å². The van der Waals surface area contributed by atoms with Gasteiger partial charge in [-0.2, -0.15) is 0 Å². The number of nitrogens with one attached hydrogen (secondary N) is 1. The minimum Gasteiger partial charge on any atom is -0.493 e. The Labute approximate surface area is 125 Å². The first-order valence-electron chi connectivity index (χ1n) is 6.83. The minimum atomic E-state index is -0.849. The third-order valence-electron chi connectivity index (χ3n) is 2.93. The second kappa shape index (κ2) is 8.12. The molecule has 4 nitrogen and oxygen atoms in total. The van der Waals surface area contributed by atoms with Crippen LogP contribution in [0.4, 0.5) is 0 Å². The van der Waals surface area contributed by atoms with Crippen molar-refractivity contribution < 1.29 is 14.6 Å². The molecule has 112 valence electrons. The maximum absolute atomic E-state index is 11.2. The second-order valence-corrected chi connectivity index (χ2v) is 5.48. The molecule has 0 spiro atoms. The van der Waals surface area contributed by atoms with Crippen LogP contribution >= 0.6 is 11.6 Å². The molecule has 1 aromatic carbocycles. The monoisotopic (exact) mass is 299 g/mol. The molecule has 0 bridgehead atoms. The van der Waals surface area contributed by atoms with E-state index >= 15 is 0 Å². The summed E-state index contributed by atoms with van der Waals surface area (Å²) < 4.78 is 5.65. The van der Waals surface area contributed by atoms with Crippen molar-refractivity contribution in [3.05, 3.63) is 28.8 Å². The van der Waals surface area contributed by atoms with Gasteiger partial charge in [-0.3, -0.25) is 10.1 Å². The van der Waals surface area contributed by atoms with Gasteiger partial charge in [0.2, 0.25) is 0 Å². The Balaban J connectivity index is 2.79. The van der Waals surface area contributed by atoms with Crippen LogP contribution in [-0.4, -0.2) is 23.7 Å². The van der Waals surface area contributed by atoms with Crippen LogP contribution in [0.2, 0.25) is 5.02 Å². The van der Waals surface area contributed by atoms with Crippen LogP contribution < -0.4 is 10.1 Å². The number of benzene rings is 1. The lowest BCUT2D eigenvalue weighted by atomic mass is 10.0. The van der Waals surface area contributed by atoms with Gasteiger partial charge < -0.3 is 9.84 Å². The van der Waals surface area contributed by atoms with E-state index in [0.29, 0.717) is 18.2 Å². The van der Waals surface area contributed by atoms with Crippen molar-refractivity contribution in [2.75, 3.05) is 6.61 Å². The fourth-order valence-corrected chi connectivity index (χ4v) is 2.06. The summed E-state index contributed by atoms with van der Waals surface area (Å²) in [6.45, 7) is 6.82. The highest BCUT2D eigenvalue weighted by Crippen LogP contribution is 2.23. The van der Waals surface area contributed by atoms with Crippen molar-refractivity contribution >= 4 is 17.6 Å². The summed E-state index contributed by atoms with van der Waals surface area (Å²) in [5.74, 6) is -0.0959. The van der Waals surface area contributed by atoms with Crippen molar-refractivity contribution in [1.29, 1.82) is 0 Å². The first-order chi connectivity index (χ1) is 9.45. The van der Waals surface area contributed by atoms with Gasteiger partial charge in [-0.25, -0.2) is 0 Å². The van der Waals surface area contributed by atoms with Gasteiger partial charge in [0.15, 0.2) is 0 Å². The molecule has 5 heteroatoms. The predicted octanol–water partition coefficient (Wildman–Crippen LogP) is 3.33. The highest BCUT2D eigenvalue weighted by molar-refractivity contribution is 6.30. The van der Waals surface area contributed by atoms with Crippen molar-refractivity contribution in [2.24, 2.45) is 5.92 Å². The molecule has 0 aliphatic heterocycles. The summed E-state index contributed by atoms with van der Waals surface area (Å²) in [6, 6.07) is 4.81. The van der Waals surface area contributed by atoms with E-state index in [9.17, 15) is 4.79 Å². The molecular formula is C15H22ClNO3. The van der Waals surface area contributed by atoms with Crippen molar-refractivity contribution in [3.8, 4) is 5.75 Å². The topological polar surface area (TPSA) is 58.6 Å². The molecule has 0 fully saturated rings. The third-order valence-corrected chi connectivity index (χ3v) is 3.16. The van der Waals surface area contributed by atoms with Crippen molar-refractivity contribution in [2.45, 2.75) is 39.8 Å². The summed E-state index contributed by atoms with van der Waals surface area (Å²) in [5, 5.41) is 12.8. The number of carboxylic acids is 1. The minimum absolute atomic E-state index is 0.00620. The van der Waals surface area contributed by atoms with Gasteiger partial charge in [0.05, 0.1) is 6.61 Å². The molecule has 0 saturated carbocycles. The van der Waals surface area contributed by atoms with E-state index < -0.39 is 12.0 Å². The van der Waals surface area contributed by atoms with Crippen molar-refractivity contribution in [1.82, 2.24) is 5.32 Å². The Morgan fingerprint density at radius 1 is 1.45 bits per heavy atom. The van der Waals surface area contributed by atoms with Crippen LogP contribution in [0.1, 0.15) is 32.8 Å². The van der Waals surface area contributed by atoms with Gasteiger partial charge in [0.1, 0.15) is 11.8 Å². The molecule has 0 radical (unpaired) electrons. The largest absolute Gasteiger partial charge is 0.493 e. The fourth-order valence-electron chi connectivity index (χ4n) is 1.87. The first-order valence-corrected chi connectivity index (χ1v) is 7.21. The van der Waals surface area contributed by atoms with E-state index in [1.807, 2.05) is 26.8 Å². The summed E-state index contributed by atoms with van der Waals surface area (Å²) in [4.78, 5) is 11.2. The summed E-state index contributed by atoms with van der Waals surface area (Å²) in [7, 11) is 0. The molecule has 0 aliphatic carbocycles. The third kappa shape index (κ3) is 5.02. The molecule has 1 rings (SSSR count). The van der Waals surface area contributed by atoms with E-state index in [2.05, 4.69) is 5.32 Å². The molecule has 1 atom stereocenters. The van der Waals surface area contributed by atoms with E-state index in [4.69, 9.17) is 21.4 Å². The molecule has 20 heavy (non-hydrogen) atoms. The number of aliphatic carboxylic acids is 1. The molecular weight excluding hydrogens is 278 g/mol. The zero-order valence-electron chi connectivity index (χ0n) is 12.1. The van der Waals surface area contributed by atoms with Crippen LogP contribution in [0.3, 0.4) is 0 Å². The van der Waals surface area contributed by atoms with E-state index in [0.717, 1.165) is 17.7 Å². The standard InChI is InChI=1S/C15H22ClNO3/c1-4-7-20-13-6-5-12(16)8-11(13)9-17-14(10(2)3)15(18)19/h5-6,8,10,14,17H,4,7,9H2,1-3H3,(H,18,19)/t14-/m1/s1. The Hall–Kier alpha value is -1.26. The van der Waals surface area contributed by atoms with Gasteiger partial charge in [-0.05, 0) is 30.5 Å². The molecule has 0 aromatic heterocycles. The maximum Gasteiger partial charge on any atom is 0.320 e. The molecule has 0 aliphatic rings. The van der Waals surface area contributed by atoms with E-state index in [1.165, 1.54) is 0 Å². The molecule has 2 N–H and O–H groups in total. The molecule has 1 aromatic rings. The predicted molar refractivity (Wildman–Crippen MR) is 80.3 cm³/mol. The highest BCUT2D eigenvalue weighted by Gasteiger charge is 2.21. The van der Waals surface area contributed by atoms with E-state index in [1.54, 1.807) is 12.1 Å². The van der Waals surface area contributed by atoms with Gasteiger partial charge >= 0.3 is 5.97 Å². The number of carbonyl (C=O) groups is 1. The zero-order valence-corrected chi connectivity index (χ0v) is 12.9. The number of ether oxygens (including phenoxy) is 1.